The molecule has 5 aliphatic carbocycles. The molecule has 0 aromatic heterocycles. The highest BCUT2D eigenvalue weighted by atomic mass is 16.5. The van der Waals surface area contributed by atoms with Crippen LogP contribution in [0.15, 0.2) is 46.2 Å². The maximum atomic E-state index is 13.4. The van der Waals surface area contributed by atoms with E-state index >= 15 is 0 Å². The lowest BCUT2D eigenvalue weighted by Crippen LogP contribution is -2.52. The van der Waals surface area contributed by atoms with Crippen LogP contribution in [0.4, 0.5) is 5.69 Å². The molecule has 38 heavy (non-hydrogen) atoms. The zero-order chi connectivity index (χ0) is 26.1. The lowest BCUT2D eigenvalue weighted by molar-refractivity contribution is -0.146. The van der Waals surface area contributed by atoms with Crippen molar-refractivity contribution in [2.45, 2.75) is 65.2 Å². The van der Waals surface area contributed by atoms with Crippen molar-refractivity contribution in [2.75, 3.05) is 44.3 Å². The minimum atomic E-state index is -0.161. The van der Waals surface area contributed by atoms with Gasteiger partial charge in [-0.25, -0.2) is 5.43 Å². The fraction of sp³-hybridized carbons (Fsp3) is 0.625. The largest absolute Gasteiger partial charge is 0.378 e. The number of morpholine rings is 1. The monoisotopic (exact) mass is 516 g/mol. The fourth-order valence-corrected chi connectivity index (χ4v) is 8.42. The molecule has 1 heterocycles. The highest BCUT2D eigenvalue weighted by Crippen LogP contribution is 2.60. The van der Waals surface area contributed by atoms with Crippen LogP contribution in [0.25, 0.3) is 6.08 Å². The normalized spacial score (nSPS) is 31.6. The van der Waals surface area contributed by atoms with E-state index in [1.165, 1.54) is 47.4 Å². The van der Waals surface area contributed by atoms with Gasteiger partial charge in [-0.05, 0) is 118 Å². The number of amides is 1. The van der Waals surface area contributed by atoms with Crippen molar-refractivity contribution in [1.82, 2.24) is 10.3 Å². The number of carbonyl (C=O) groups is 1. The molecule has 4 bridgehead atoms. The van der Waals surface area contributed by atoms with E-state index in [9.17, 15) is 4.79 Å². The van der Waals surface area contributed by atoms with Gasteiger partial charge >= 0.3 is 0 Å². The highest BCUT2D eigenvalue weighted by molar-refractivity contribution is 5.87. The molecular formula is C32H44N4O2. The number of rotatable bonds is 8. The fourth-order valence-electron chi connectivity index (χ4n) is 8.42. The molecule has 0 unspecified atom stereocenters. The van der Waals surface area contributed by atoms with Gasteiger partial charge in [-0.15, -0.1) is 0 Å². The number of benzene rings is 1. The first kappa shape index (κ1) is 25.7. The molecule has 1 amide bonds. The molecular weight excluding hydrogens is 472 g/mol. The van der Waals surface area contributed by atoms with Gasteiger partial charge in [0.1, 0.15) is 0 Å². The molecule has 1 aromatic rings. The molecule has 7 rings (SSSR count). The predicted molar refractivity (Wildman–Crippen MR) is 154 cm³/mol. The van der Waals surface area contributed by atoms with Crippen molar-refractivity contribution in [3.8, 4) is 0 Å². The number of hydrazone groups is 1. The Balaban J connectivity index is 1.20. The van der Waals surface area contributed by atoms with Gasteiger partial charge in [0.05, 0.1) is 24.8 Å². The van der Waals surface area contributed by atoms with E-state index in [0.717, 1.165) is 89.3 Å². The van der Waals surface area contributed by atoms with E-state index in [-0.39, 0.29) is 11.3 Å². The van der Waals surface area contributed by atoms with E-state index in [4.69, 9.17) is 4.74 Å². The summed E-state index contributed by atoms with van der Waals surface area (Å²) in [5.74, 6) is 2.45. The van der Waals surface area contributed by atoms with E-state index in [1.807, 2.05) is 6.21 Å². The summed E-state index contributed by atoms with van der Waals surface area (Å²) in [4.78, 5) is 18.2. The molecule has 0 atom stereocenters. The number of hydrogen-bond acceptors (Lipinski definition) is 5. The molecule has 1 aromatic carbocycles. The Morgan fingerprint density at radius 1 is 1.03 bits per heavy atom. The molecule has 1 N–H and O–H groups in total. The maximum Gasteiger partial charge on any atom is 0.246 e. The Labute approximate surface area is 228 Å². The van der Waals surface area contributed by atoms with Crippen LogP contribution < -0.4 is 10.3 Å². The molecule has 204 valence electrons. The van der Waals surface area contributed by atoms with Crippen molar-refractivity contribution < 1.29 is 9.53 Å². The van der Waals surface area contributed by atoms with Crippen LogP contribution in [-0.2, 0) is 9.53 Å². The van der Waals surface area contributed by atoms with E-state index in [2.05, 4.69) is 64.5 Å². The Morgan fingerprint density at radius 3 is 2.26 bits per heavy atom. The summed E-state index contributed by atoms with van der Waals surface area (Å²) in [7, 11) is 0. The minimum absolute atomic E-state index is 0.161. The van der Waals surface area contributed by atoms with E-state index < -0.39 is 0 Å². The first-order chi connectivity index (χ1) is 18.6. The summed E-state index contributed by atoms with van der Waals surface area (Å²) in [5, 5.41) is 4.57. The number of hydrogen-bond donors (Lipinski definition) is 1. The number of carbonyl (C=O) groups excluding carboxylic acids is 1. The first-order valence-electron chi connectivity index (χ1n) is 15.0. The van der Waals surface area contributed by atoms with Gasteiger partial charge < -0.3 is 14.5 Å². The lowest BCUT2D eigenvalue weighted by Gasteiger charge is -2.55. The van der Waals surface area contributed by atoms with Crippen LogP contribution in [0.5, 0.6) is 0 Å². The Morgan fingerprint density at radius 2 is 1.66 bits per heavy atom. The molecule has 0 spiro atoms. The zero-order valence-corrected chi connectivity index (χ0v) is 23.3. The lowest BCUT2D eigenvalue weighted by atomic mass is 9.49. The molecule has 1 saturated heterocycles. The van der Waals surface area contributed by atoms with Crippen LogP contribution in [0.2, 0.25) is 0 Å². The molecule has 5 fully saturated rings. The number of nitrogens with zero attached hydrogens (tertiary/aromatic N) is 3. The second kappa shape index (κ2) is 10.9. The third-order valence-corrected chi connectivity index (χ3v) is 9.87. The van der Waals surface area contributed by atoms with E-state index in [0.29, 0.717) is 0 Å². The molecule has 4 saturated carbocycles. The smallest absolute Gasteiger partial charge is 0.246 e. The van der Waals surface area contributed by atoms with Crippen molar-refractivity contribution in [2.24, 2.45) is 28.3 Å². The van der Waals surface area contributed by atoms with E-state index in [1.54, 1.807) is 0 Å². The maximum absolute atomic E-state index is 13.4. The second-order valence-electron chi connectivity index (χ2n) is 12.3. The molecule has 1 aliphatic heterocycles. The SMILES string of the molecule is CCN(CC)c1ccc(C=C2CCC(C=NNC(=O)C34CC5CC(CC(C5)C3)C4)=C2N2CCOCC2)cc1. The van der Waals surface area contributed by atoms with Gasteiger partial charge in [0.2, 0.25) is 5.91 Å². The second-order valence-corrected chi connectivity index (χ2v) is 12.3. The molecule has 6 aliphatic rings. The quantitative estimate of drug-likeness (QED) is 0.360. The number of ether oxygens (including phenoxy) is 1. The van der Waals surface area contributed by atoms with Crippen LogP contribution >= 0.6 is 0 Å². The third kappa shape index (κ3) is 5.04. The van der Waals surface area contributed by atoms with Crippen molar-refractivity contribution in [1.29, 1.82) is 0 Å². The summed E-state index contributed by atoms with van der Waals surface area (Å²) in [6, 6.07) is 8.92. The summed E-state index contributed by atoms with van der Waals surface area (Å²) >= 11 is 0. The van der Waals surface area contributed by atoms with Crippen LogP contribution in [-0.4, -0.2) is 56.4 Å². The standard InChI is InChI=1S/C32H44N4O2/c1-3-35(4-2)29-9-5-23(6-10-29)18-27-7-8-28(30(27)36-11-13-38-14-12-36)22-33-34-31(37)32-19-24-15-25(20-32)17-26(16-24)21-32/h5-6,9-10,18,22,24-26H,3-4,7-8,11-17,19-21H2,1-2H3,(H,34,37). The van der Waals surface area contributed by atoms with Gasteiger partial charge in [0.15, 0.2) is 0 Å². The number of nitrogens with one attached hydrogen (secondary N) is 1. The molecule has 6 heteroatoms. The Bertz CT molecular complexity index is 1070. The molecule has 6 nitrogen and oxygen atoms in total. The average molecular weight is 517 g/mol. The van der Waals surface area contributed by atoms with Crippen LogP contribution in [0.1, 0.15) is 70.8 Å². The third-order valence-electron chi connectivity index (χ3n) is 9.87. The van der Waals surface area contributed by atoms with Gasteiger partial charge in [-0.1, -0.05) is 12.1 Å². The predicted octanol–water partition coefficient (Wildman–Crippen LogP) is 5.61. The van der Waals surface area contributed by atoms with Gasteiger partial charge in [0, 0.05) is 37.6 Å². The average Bonchev–Trinajstić information content (AvgIpc) is 3.32. The first-order valence-corrected chi connectivity index (χ1v) is 15.0. The van der Waals surface area contributed by atoms with Crippen LogP contribution in [0, 0.1) is 23.2 Å². The Hall–Kier alpha value is -2.60. The van der Waals surface area contributed by atoms with Gasteiger partial charge in [0.25, 0.3) is 0 Å². The minimum Gasteiger partial charge on any atom is -0.378 e. The summed E-state index contributed by atoms with van der Waals surface area (Å²) in [5.41, 5.74) is 9.22. The zero-order valence-electron chi connectivity index (χ0n) is 23.3. The van der Waals surface area contributed by atoms with Crippen molar-refractivity contribution in [3.63, 3.8) is 0 Å². The Kier molecular flexibility index (Phi) is 7.35. The van der Waals surface area contributed by atoms with Crippen molar-refractivity contribution >= 4 is 23.9 Å². The summed E-state index contributed by atoms with van der Waals surface area (Å²) < 4.78 is 5.66. The van der Waals surface area contributed by atoms with Gasteiger partial charge in [-0.3, -0.25) is 4.79 Å². The highest BCUT2D eigenvalue weighted by Gasteiger charge is 2.54. The summed E-state index contributed by atoms with van der Waals surface area (Å²) in [6.45, 7) is 9.73. The van der Waals surface area contributed by atoms with Gasteiger partial charge in [-0.2, -0.15) is 5.10 Å². The number of anilines is 1. The summed E-state index contributed by atoms with van der Waals surface area (Å²) in [6.07, 6.45) is 13.5. The van der Waals surface area contributed by atoms with Crippen molar-refractivity contribution in [3.05, 3.63) is 46.7 Å². The van der Waals surface area contributed by atoms with Crippen LogP contribution in [0.3, 0.4) is 0 Å². The topological polar surface area (TPSA) is 57.2 Å². The molecule has 0 radical (unpaired) electrons. The number of allylic oxidation sites excluding steroid dienone is 2.